The van der Waals surface area contributed by atoms with Crippen LogP contribution in [0.1, 0.15) is 64.5 Å². The van der Waals surface area contributed by atoms with Crippen molar-refractivity contribution < 1.29 is 14.0 Å². The maximum Gasteiger partial charge on any atom is 0.243 e. The molecule has 1 saturated heterocycles. The Balaban J connectivity index is 1.50. The maximum absolute atomic E-state index is 15.0. The average Bonchev–Trinajstić information content (AvgIpc) is 2.87. The molecule has 206 valence electrons. The number of halogens is 1. The van der Waals surface area contributed by atoms with E-state index >= 15 is 4.39 Å². The smallest absolute Gasteiger partial charge is 0.243 e. The molecule has 0 bridgehead atoms. The molecular weight excluding hydrogens is 491 g/mol. The van der Waals surface area contributed by atoms with E-state index in [-0.39, 0.29) is 34.8 Å². The molecule has 1 unspecified atom stereocenters. The first-order valence-corrected chi connectivity index (χ1v) is 13.6. The van der Waals surface area contributed by atoms with Gasteiger partial charge in [0.2, 0.25) is 11.8 Å². The molecule has 1 aliphatic rings. The molecule has 1 aliphatic heterocycles. The van der Waals surface area contributed by atoms with Gasteiger partial charge in [0, 0.05) is 41.5 Å². The summed E-state index contributed by atoms with van der Waals surface area (Å²) in [5.41, 5.74) is 2.38. The van der Waals surface area contributed by atoms with E-state index in [0.29, 0.717) is 17.5 Å². The van der Waals surface area contributed by atoms with Gasteiger partial charge < -0.3 is 16.0 Å². The summed E-state index contributed by atoms with van der Waals surface area (Å²) in [7, 11) is 0. The van der Waals surface area contributed by atoms with Gasteiger partial charge in [-0.1, -0.05) is 48.5 Å². The highest BCUT2D eigenvalue weighted by molar-refractivity contribution is 5.90. The molecule has 1 fully saturated rings. The third-order valence-corrected chi connectivity index (χ3v) is 7.30. The molecule has 2 atom stereocenters. The van der Waals surface area contributed by atoms with E-state index < -0.39 is 12.0 Å². The topological polar surface area (TPSA) is 83.1 Å². The molecular formula is C32H39FN4O2. The standard InChI is InChI=1S/C32H39FN4O2/c1-21(24-13-14-26(27(33)17-24)23-11-7-6-8-12-23)29(38)36-28(16-22-10-9-15-34-20-22)30(39)35-25-18-31(2,3)37-32(4,5)19-25/h6-15,17,20-21,25,28,37H,16,18-19H2,1-5H3,(H,35,39)(H,36,38)/t21?,28-/m0/s1. The lowest BCUT2D eigenvalue weighted by atomic mass is 9.79. The minimum atomic E-state index is -0.793. The van der Waals surface area contributed by atoms with Gasteiger partial charge in [-0.15, -0.1) is 0 Å². The number of aromatic nitrogens is 1. The number of nitrogens with zero attached hydrogens (tertiary/aromatic N) is 1. The Morgan fingerprint density at radius 1 is 1.00 bits per heavy atom. The fraction of sp³-hybridized carbons (Fsp3) is 0.406. The van der Waals surface area contributed by atoms with Crippen molar-refractivity contribution >= 4 is 11.8 Å². The summed E-state index contributed by atoms with van der Waals surface area (Å²) >= 11 is 0. The molecule has 4 rings (SSSR count). The van der Waals surface area contributed by atoms with Crippen molar-refractivity contribution in [2.24, 2.45) is 0 Å². The van der Waals surface area contributed by atoms with Crippen LogP contribution in [0.5, 0.6) is 0 Å². The van der Waals surface area contributed by atoms with Gasteiger partial charge in [0.05, 0.1) is 5.92 Å². The Hall–Kier alpha value is -3.58. The molecule has 3 aromatic rings. The fourth-order valence-corrected chi connectivity index (χ4v) is 5.79. The van der Waals surface area contributed by atoms with Crippen LogP contribution >= 0.6 is 0 Å². The molecule has 0 radical (unpaired) electrons. The normalized spacial score (nSPS) is 18.1. The highest BCUT2D eigenvalue weighted by atomic mass is 19.1. The van der Waals surface area contributed by atoms with Gasteiger partial charge >= 0.3 is 0 Å². The fourth-order valence-electron chi connectivity index (χ4n) is 5.79. The van der Waals surface area contributed by atoms with Crippen molar-refractivity contribution in [2.45, 2.75) is 83.0 Å². The number of nitrogens with one attached hydrogen (secondary N) is 3. The molecule has 0 saturated carbocycles. The van der Waals surface area contributed by atoms with Crippen molar-refractivity contribution in [3.8, 4) is 11.1 Å². The second-order valence-corrected chi connectivity index (χ2v) is 12.0. The van der Waals surface area contributed by atoms with Crippen LogP contribution in [-0.4, -0.2) is 40.0 Å². The Morgan fingerprint density at radius 3 is 2.31 bits per heavy atom. The first kappa shape index (κ1) is 28.4. The number of benzene rings is 2. The third-order valence-electron chi connectivity index (χ3n) is 7.30. The van der Waals surface area contributed by atoms with Gasteiger partial charge in [-0.3, -0.25) is 14.6 Å². The average molecular weight is 531 g/mol. The number of hydrogen-bond acceptors (Lipinski definition) is 4. The van der Waals surface area contributed by atoms with E-state index in [1.165, 1.54) is 6.07 Å². The number of piperidine rings is 1. The van der Waals surface area contributed by atoms with Gasteiger partial charge in [-0.25, -0.2) is 4.39 Å². The van der Waals surface area contributed by atoms with Gasteiger partial charge in [-0.05, 0) is 76.3 Å². The first-order valence-electron chi connectivity index (χ1n) is 13.6. The monoisotopic (exact) mass is 530 g/mol. The molecule has 0 aliphatic carbocycles. The summed E-state index contributed by atoms with van der Waals surface area (Å²) in [5, 5.41) is 9.77. The number of carbonyl (C=O) groups is 2. The molecule has 2 heterocycles. The highest BCUT2D eigenvalue weighted by Gasteiger charge is 2.39. The molecule has 1 aromatic heterocycles. The zero-order valence-electron chi connectivity index (χ0n) is 23.4. The van der Waals surface area contributed by atoms with Gasteiger partial charge in [0.1, 0.15) is 11.9 Å². The molecule has 2 aromatic carbocycles. The summed E-state index contributed by atoms with van der Waals surface area (Å²) < 4.78 is 15.0. The van der Waals surface area contributed by atoms with E-state index in [4.69, 9.17) is 0 Å². The maximum atomic E-state index is 15.0. The second-order valence-electron chi connectivity index (χ2n) is 12.0. The second kappa shape index (κ2) is 11.7. The molecule has 7 heteroatoms. The Kier molecular flexibility index (Phi) is 8.50. The lowest BCUT2D eigenvalue weighted by Crippen LogP contribution is -2.63. The first-order chi connectivity index (χ1) is 18.4. The SMILES string of the molecule is CC(C(=O)N[C@@H](Cc1cccnc1)C(=O)NC1CC(C)(C)NC(C)(C)C1)c1ccc(-c2ccccc2)c(F)c1. The zero-order valence-corrected chi connectivity index (χ0v) is 23.4. The van der Waals surface area contributed by atoms with Crippen molar-refractivity contribution in [1.29, 1.82) is 0 Å². The summed E-state index contributed by atoms with van der Waals surface area (Å²) in [6.45, 7) is 10.2. The minimum absolute atomic E-state index is 0.0332. The van der Waals surface area contributed by atoms with Crippen molar-refractivity contribution in [2.75, 3.05) is 0 Å². The van der Waals surface area contributed by atoms with Crippen LogP contribution in [0.3, 0.4) is 0 Å². The predicted molar refractivity (Wildman–Crippen MR) is 153 cm³/mol. The van der Waals surface area contributed by atoms with Crippen LogP contribution in [0, 0.1) is 5.82 Å². The number of hydrogen-bond donors (Lipinski definition) is 3. The number of pyridine rings is 1. The van der Waals surface area contributed by atoms with Crippen molar-refractivity contribution in [3.63, 3.8) is 0 Å². The van der Waals surface area contributed by atoms with Crippen molar-refractivity contribution in [1.82, 2.24) is 20.9 Å². The van der Waals surface area contributed by atoms with Crippen LogP contribution in [0.4, 0.5) is 4.39 Å². The van der Waals surface area contributed by atoms with E-state index in [1.54, 1.807) is 31.5 Å². The van der Waals surface area contributed by atoms with E-state index in [9.17, 15) is 9.59 Å². The van der Waals surface area contributed by atoms with Gasteiger partial charge in [0.25, 0.3) is 0 Å². The number of carbonyl (C=O) groups excluding carboxylic acids is 2. The summed E-state index contributed by atoms with van der Waals surface area (Å²) in [6.07, 6.45) is 5.23. The molecule has 0 spiro atoms. The van der Waals surface area contributed by atoms with E-state index in [0.717, 1.165) is 24.0 Å². The van der Waals surface area contributed by atoms with Gasteiger partial charge in [-0.2, -0.15) is 0 Å². The quantitative estimate of drug-likeness (QED) is 0.377. The Morgan fingerprint density at radius 2 is 1.69 bits per heavy atom. The predicted octanol–water partition coefficient (Wildman–Crippen LogP) is 5.14. The largest absolute Gasteiger partial charge is 0.351 e. The summed E-state index contributed by atoms with van der Waals surface area (Å²) in [6, 6.07) is 17.0. The summed E-state index contributed by atoms with van der Waals surface area (Å²) in [5.74, 6) is -1.61. The molecule has 3 N–H and O–H groups in total. The van der Waals surface area contributed by atoms with Crippen LogP contribution in [0.15, 0.2) is 73.1 Å². The van der Waals surface area contributed by atoms with Crippen LogP contribution in [0.25, 0.3) is 11.1 Å². The van der Waals surface area contributed by atoms with Gasteiger partial charge in [0.15, 0.2) is 0 Å². The lowest BCUT2D eigenvalue weighted by molar-refractivity contribution is -0.130. The molecule has 6 nitrogen and oxygen atoms in total. The third kappa shape index (κ3) is 7.51. The van der Waals surface area contributed by atoms with Crippen LogP contribution in [-0.2, 0) is 16.0 Å². The van der Waals surface area contributed by atoms with Crippen LogP contribution in [0.2, 0.25) is 0 Å². The lowest BCUT2D eigenvalue weighted by Gasteiger charge is -2.46. The molecule has 39 heavy (non-hydrogen) atoms. The number of rotatable bonds is 8. The zero-order chi connectivity index (χ0) is 28.2. The Labute approximate surface area is 230 Å². The van der Waals surface area contributed by atoms with E-state index in [1.807, 2.05) is 42.5 Å². The number of amides is 2. The van der Waals surface area contributed by atoms with E-state index in [2.05, 4.69) is 48.6 Å². The minimum Gasteiger partial charge on any atom is -0.351 e. The highest BCUT2D eigenvalue weighted by Crippen LogP contribution is 2.29. The summed E-state index contributed by atoms with van der Waals surface area (Å²) in [4.78, 5) is 31.1. The van der Waals surface area contributed by atoms with Crippen LogP contribution < -0.4 is 16.0 Å². The molecule has 2 amide bonds. The Bertz CT molecular complexity index is 1280. The van der Waals surface area contributed by atoms with Crippen molar-refractivity contribution in [3.05, 3.63) is 90.0 Å².